The van der Waals surface area contributed by atoms with Crippen molar-refractivity contribution in [2.45, 2.75) is 146 Å². The van der Waals surface area contributed by atoms with Crippen molar-refractivity contribution in [2.75, 3.05) is 0 Å². The first-order chi connectivity index (χ1) is 11.7. The highest BCUT2D eigenvalue weighted by molar-refractivity contribution is 5.02. The van der Waals surface area contributed by atoms with Crippen molar-refractivity contribution in [2.24, 2.45) is 5.92 Å². The van der Waals surface area contributed by atoms with Gasteiger partial charge < -0.3 is 0 Å². The molecule has 0 aromatic heterocycles. The second-order valence-corrected chi connectivity index (χ2v) is 5.78. The molecule has 0 atom stereocenters. The lowest BCUT2D eigenvalue weighted by Crippen LogP contribution is -1.77. The summed E-state index contributed by atoms with van der Waals surface area (Å²) >= 11 is 0. The Morgan fingerprint density at radius 2 is 0.786 bits per heavy atom. The first-order valence-electron chi connectivity index (χ1n) is 10.6. The van der Waals surface area contributed by atoms with Gasteiger partial charge in [-0.15, -0.1) is 0 Å². The minimum atomic E-state index is 0. The van der Waals surface area contributed by atoms with Crippen molar-refractivity contribution >= 4 is 0 Å². The van der Waals surface area contributed by atoms with E-state index in [2.05, 4.69) is 87.5 Å². The Hall–Kier alpha value is -0.780. The molecule has 0 fully saturated rings. The van der Waals surface area contributed by atoms with Crippen LogP contribution in [-0.2, 0) is 0 Å². The van der Waals surface area contributed by atoms with Gasteiger partial charge in [0.15, 0.2) is 0 Å². The van der Waals surface area contributed by atoms with Gasteiger partial charge >= 0.3 is 0 Å². The predicted octanol–water partition coefficient (Wildman–Crippen LogP) is 12.3. The molecule has 28 heavy (non-hydrogen) atoms. The Kier molecular flexibility index (Phi) is 128. The highest BCUT2D eigenvalue weighted by atomic mass is 13.9. The summed E-state index contributed by atoms with van der Waals surface area (Å²) in [6.45, 7) is 33.4. The molecule has 0 aliphatic rings. The largest absolute Gasteiger partial charge is 0.0888 e. The van der Waals surface area contributed by atoms with Crippen LogP contribution in [0.25, 0.3) is 0 Å². The van der Waals surface area contributed by atoms with E-state index in [1.165, 1.54) is 29.6 Å². The van der Waals surface area contributed by atoms with Crippen LogP contribution >= 0.6 is 0 Å². The van der Waals surface area contributed by atoms with Crippen molar-refractivity contribution in [3.63, 3.8) is 0 Å². The molecule has 0 N–H and O–H groups in total. The van der Waals surface area contributed by atoms with Gasteiger partial charge in [-0.2, -0.15) is 0 Å². The molecule has 0 saturated carbocycles. The molecule has 0 nitrogen and oxygen atoms in total. The van der Waals surface area contributed by atoms with Crippen molar-refractivity contribution in [1.29, 1.82) is 0 Å². The Morgan fingerprint density at radius 3 is 0.821 bits per heavy atom. The van der Waals surface area contributed by atoms with E-state index in [0.29, 0.717) is 5.92 Å². The molecule has 0 heteroatoms. The van der Waals surface area contributed by atoms with Gasteiger partial charge in [0.25, 0.3) is 0 Å². The summed E-state index contributed by atoms with van der Waals surface area (Å²) in [6.07, 6.45) is 8.96. The third-order valence-corrected chi connectivity index (χ3v) is 2.30. The van der Waals surface area contributed by atoms with Crippen molar-refractivity contribution in [3.05, 3.63) is 34.9 Å². The van der Waals surface area contributed by atoms with E-state index in [4.69, 9.17) is 0 Å². The summed E-state index contributed by atoms with van der Waals surface area (Å²) in [5.41, 5.74) is 4.26. The van der Waals surface area contributed by atoms with E-state index in [1.807, 2.05) is 41.5 Å². The van der Waals surface area contributed by atoms with Gasteiger partial charge in [0.05, 0.1) is 0 Å². The lowest BCUT2D eigenvalue weighted by Gasteiger charge is -1.93. The molecule has 0 aliphatic carbocycles. The van der Waals surface area contributed by atoms with Gasteiger partial charge in [0.1, 0.15) is 0 Å². The molecular formula is C28H68. The van der Waals surface area contributed by atoms with Crippen LogP contribution in [0.1, 0.15) is 146 Å². The van der Waals surface area contributed by atoms with E-state index in [9.17, 15) is 0 Å². The quantitative estimate of drug-likeness (QED) is 0.410. The van der Waals surface area contributed by atoms with Gasteiger partial charge in [-0.1, -0.05) is 126 Å². The smallest absolute Gasteiger partial charge is 0.0288 e. The first kappa shape index (κ1) is 56.4. The maximum atomic E-state index is 2.25. The Balaban J connectivity index is -0.0000000232. The van der Waals surface area contributed by atoms with Crippen LogP contribution < -0.4 is 0 Å². The number of hydrogen-bond acceptors (Lipinski definition) is 0. The van der Waals surface area contributed by atoms with Crippen LogP contribution in [0.2, 0.25) is 0 Å². The summed E-state index contributed by atoms with van der Waals surface area (Å²) in [5, 5.41) is 0. The Morgan fingerprint density at radius 1 is 0.571 bits per heavy atom. The lowest BCUT2D eigenvalue weighted by atomic mass is 10.1. The zero-order chi connectivity index (χ0) is 21.8. The normalized spacial score (nSPS) is 6.89. The molecule has 0 aromatic carbocycles. The topological polar surface area (TPSA) is 0 Å². The van der Waals surface area contributed by atoms with E-state index >= 15 is 0 Å². The third kappa shape index (κ3) is 142. The fraction of sp³-hybridized carbons (Fsp3) is 0.786. The molecule has 0 spiro atoms. The van der Waals surface area contributed by atoms with Gasteiger partial charge in [0.2, 0.25) is 0 Å². The fourth-order valence-corrected chi connectivity index (χ4v) is 1.00. The zero-order valence-electron chi connectivity index (χ0n) is 21.2. The number of hydrogen-bond donors (Lipinski definition) is 0. The summed E-state index contributed by atoms with van der Waals surface area (Å²) in [7, 11) is 0. The van der Waals surface area contributed by atoms with Gasteiger partial charge in [-0.05, 0) is 60.3 Å². The van der Waals surface area contributed by atoms with Crippen LogP contribution in [0, 0.1) is 5.92 Å². The predicted molar refractivity (Wildman–Crippen MR) is 148 cm³/mol. The fourth-order valence-electron chi connectivity index (χ4n) is 1.00. The van der Waals surface area contributed by atoms with Gasteiger partial charge in [-0.25, -0.2) is 0 Å². The van der Waals surface area contributed by atoms with Crippen LogP contribution in [0.5, 0.6) is 0 Å². The van der Waals surface area contributed by atoms with Crippen LogP contribution in [0.4, 0.5) is 0 Å². The van der Waals surface area contributed by atoms with Crippen LogP contribution in [0.3, 0.4) is 0 Å². The second-order valence-electron chi connectivity index (χ2n) is 5.78. The SMILES string of the molecule is C.C.C.CC.CC.CC.CC(C)=C(C)C.CC(C)=CC(C)C.CC/C=C\CC. The average molecular weight is 405 g/mol. The molecule has 0 rings (SSSR count). The number of rotatable bonds is 3. The average Bonchev–Trinajstić information content (AvgIpc) is 2.58. The lowest BCUT2D eigenvalue weighted by molar-refractivity contribution is 0.822. The van der Waals surface area contributed by atoms with E-state index in [0.717, 1.165) is 0 Å². The monoisotopic (exact) mass is 405 g/mol. The number of allylic oxidation sites excluding steroid dienone is 6. The highest BCUT2D eigenvalue weighted by Crippen LogP contribution is 1.98. The standard InChI is InChI=1S/C7H14.2C6H12.3C2H6.3CH4/c1-6(2)5-7(3)4;1-5(2)6(3)4;1-3-5-6-4-2;3*1-2;;;/h5-6H,1-4H3;1-4H3;5-6H,3-4H2,1-2H3;3*1-2H3;3*1H4/b;;6-5-;;;;;;. The summed E-state index contributed by atoms with van der Waals surface area (Å²) in [5.74, 6) is 0.713. The Bertz CT molecular complexity index is 234. The highest BCUT2D eigenvalue weighted by Gasteiger charge is 1.82. The summed E-state index contributed by atoms with van der Waals surface area (Å²) in [6, 6.07) is 0. The minimum Gasteiger partial charge on any atom is -0.0888 e. The molecule has 0 aromatic rings. The molecule has 0 unspecified atom stereocenters. The molecular weight excluding hydrogens is 336 g/mol. The molecule has 0 radical (unpaired) electrons. The van der Waals surface area contributed by atoms with E-state index in [1.54, 1.807) is 0 Å². The van der Waals surface area contributed by atoms with Crippen molar-refractivity contribution in [1.82, 2.24) is 0 Å². The molecule has 0 heterocycles. The zero-order valence-corrected chi connectivity index (χ0v) is 21.2. The molecule has 180 valence electrons. The maximum absolute atomic E-state index is 2.25. The maximum Gasteiger partial charge on any atom is -0.0288 e. The molecule has 0 amide bonds. The van der Waals surface area contributed by atoms with Gasteiger partial charge in [0, 0.05) is 0 Å². The second kappa shape index (κ2) is 63.4. The Labute approximate surface area is 187 Å². The van der Waals surface area contributed by atoms with E-state index in [-0.39, 0.29) is 22.3 Å². The third-order valence-electron chi connectivity index (χ3n) is 2.30. The van der Waals surface area contributed by atoms with Crippen molar-refractivity contribution < 1.29 is 0 Å². The first-order valence-corrected chi connectivity index (χ1v) is 10.6. The van der Waals surface area contributed by atoms with Gasteiger partial charge in [-0.3, -0.25) is 0 Å². The summed E-state index contributed by atoms with van der Waals surface area (Å²) < 4.78 is 0. The summed E-state index contributed by atoms with van der Waals surface area (Å²) in [4.78, 5) is 0. The molecule has 0 saturated heterocycles. The minimum absolute atomic E-state index is 0. The van der Waals surface area contributed by atoms with Crippen LogP contribution in [0.15, 0.2) is 34.9 Å². The molecule has 0 bridgehead atoms. The van der Waals surface area contributed by atoms with Crippen LogP contribution in [-0.4, -0.2) is 0 Å². The van der Waals surface area contributed by atoms with E-state index < -0.39 is 0 Å². The van der Waals surface area contributed by atoms with Crippen molar-refractivity contribution in [3.8, 4) is 0 Å². The molecule has 0 aliphatic heterocycles.